The van der Waals surface area contributed by atoms with E-state index in [0.717, 1.165) is 5.56 Å². The van der Waals surface area contributed by atoms with Crippen LogP contribution < -0.4 is 4.74 Å². The number of rotatable bonds is 4. The highest BCUT2D eigenvalue weighted by molar-refractivity contribution is 6.28. The van der Waals surface area contributed by atoms with Gasteiger partial charge in [0.05, 0.1) is 6.61 Å². The van der Waals surface area contributed by atoms with Gasteiger partial charge in [0.1, 0.15) is 17.6 Å². The fourth-order valence-corrected chi connectivity index (χ4v) is 1.95. The minimum absolute atomic E-state index is 0.259. The Kier molecular flexibility index (Phi) is 3.94. The molecule has 0 fully saturated rings. The van der Waals surface area contributed by atoms with Gasteiger partial charge in [-0.2, -0.15) is 0 Å². The number of aliphatic hydroxyl groups excluding tert-OH is 1. The minimum atomic E-state index is -0.876. The molecule has 1 N–H and O–H groups in total. The molecular weight excluding hydrogens is 252 g/mol. The second-order valence-corrected chi connectivity index (χ2v) is 4.39. The van der Waals surface area contributed by atoms with Crippen LogP contribution in [0.4, 0.5) is 0 Å². The van der Waals surface area contributed by atoms with Gasteiger partial charge in [-0.1, -0.05) is 11.6 Å². The number of ether oxygens (including phenoxy) is 1. The second-order valence-electron chi connectivity index (χ2n) is 4.02. The lowest BCUT2D eigenvalue weighted by atomic mass is 10.0. The van der Waals surface area contributed by atoms with Gasteiger partial charge in [-0.25, -0.2) is 0 Å². The number of furan rings is 1. The van der Waals surface area contributed by atoms with Crippen LogP contribution in [0.25, 0.3) is 0 Å². The quantitative estimate of drug-likeness (QED) is 0.917. The molecule has 96 valence electrons. The summed E-state index contributed by atoms with van der Waals surface area (Å²) >= 11 is 5.72. The monoisotopic (exact) mass is 266 g/mol. The van der Waals surface area contributed by atoms with Crippen LogP contribution in [0.2, 0.25) is 5.22 Å². The maximum Gasteiger partial charge on any atom is 0.193 e. The molecule has 1 heterocycles. The van der Waals surface area contributed by atoms with Crippen molar-refractivity contribution in [3.05, 3.63) is 52.4 Å². The zero-order chi connectivity index (χ0) is 13.1. The first-order valence-electron chi connectivity index (χ1n) is 5.78. The molecule has 0 radical (unpaired) electrons. The van der Waals surface area contributed by atoms with Gasteiger partial charge in [0.25, 0.3) is 0 Å². The van der Waals surface area contributed by atoms with E-state index in [1.165, 1.54) is 0 Å². The smallest absolute Gasteiger partial charge is 0.193 e. The van der Waals surface area contributed by atoms with Crippen LogP contribution in [0.15, 0.2) is 34.7 Å². The molecule has 0 amide bonds. The molecule has 0 bridgehead atoms. The first-order valence-corrected chi connectivity index (χ1v) is 6.16. The summed E-state index contributed by atoms with van der Waals surface area (Å²) in [6.07, 6.45) is -0.876. The van der Waals surface area contributed by atoms with Crippen LogP contribution >= 0.6 is 11.6 Å². The summed E-state index contributed by atoms with van der Waals surface area (Å²) in [4.78, 5) is 0. The van der Waals surface area contributed by atoms with Gasteiger partial charge < -0.3 is 14.3 Å². The Morgan fingerprint density at radius 3 is 2.72 bits per heavy atom. The maximum atomic E-state index is 10.3. The molecule has 1 aromatic carbocycles. The van der Waals surface area contributed by atoms with E-state index in [-0.39, 0.29) is 5.22 Å². The summed E-state index contributed by atoms with van der Waals surface area (Å²) in [6, 6.07) is 8.94. The topological polar surface area (TPSA) is 42.6 Å². The van der Waals surface area contributed by atoms with E-state index < -0.39 is 6.10 Å². The number of aliphatic hydroxyl groups is 1. The lowest BCUT2D eigenvalue weighted by molar-refractivity contribution is 0.183. The molecule has 1 unspecified atom stereocenters. The summed E-state index contributed by atoms with van der Waals surface area (Å²) in [7, 11) is 0. The lowest BCUT2D eigenvalue weighted by Gasteiger charge is -2.14. The predicted molar refractivity (Wildman–Crippen MR) is 70.1 cm³/mol. The standard InChI is InChI=1S/C14H15ClO3/c1-3-17-11-5-4-9(2)8-10(11)14(16)12-6-7-13(15)18-12/h4-8,14,16H,3H2,1-2H3. The van der Waals surface area contributed by atoms with Crippen LogP contribution in [-0.2, 0) is 0 Å². The molecule has 0 aliphatic rings. The molecule has 1 aromatic heterocycles. The van der Waals surface area contributed by atoms with Crippen molar-refractivity contribution in [1.82, 2.24) is 0 Å². The normalized spacial score (nSPS) is 12.4. The van der Waals surface area contributed by atoms with Crippen LogP contribution in [0.3, 0.4) is 0 Å². The van der Waals surface area contributed by atoms with Gasteiger partial charge in [-0.05, 0) is 49.7 Å². The first-order chi connectivity index (χ1) is 8.61. The second kappa shape index (κ2) is 5.46. The number of halogens is 1. The number of hydrogen-bond acceptors (Lipinski definition) is 3. The highest BCUT2D eigenvalue weighted by Crippen LogP contribution is 2.32. The summed E-state index contributed by atoms with van der Waals surface area (Å²) in [5.41, 5.74) is 1.73. The lowest BCUT2D eigenvalue weighted by Crippen LogP contribution is -2.03. The van der Waals surface area contributed by atoms with Crippen molar-refractivity contribution in [2.75, 3.05) is 6.61 Å². The number of benzene rings is 1. The minimum Gasteiger partial charge on any atom is -0.493 e. The Labute approximate surface area is 111 Å². The van der Waals surface area contributed by atoms with Crippen LogP contribution in [0.1, 0.15) is 29.9 Å². The van der Waals surface area contributed by atoms with E-state index in [9.17, 15) is 5.11 Å². The van der Waals surface area contributed by atoms with E-state index in [0.29, 0.717) is 23.7 Å². The Bertz CT molecular complexity index is 534. The third-order valence-electron chi connectivity index (χ3n) is 2.62. The zero-order valence-electron chi connectivity index (χ0n) is 10.3. The molecule has 0 spiro atoms. The maximum absolute atomic E-state index is 10.3. The van der Waals surface area contributed by atoms with Crippen molar-refractivity contribution >= 4 is 11.6 Å². The van der Waals surface area contributed by atoms with Crippen molar-refractivity contribution < 1.29 is 14.3 Å². The summed E-state index contributed by atoms with van der Waals surface area (Å²) < 4.78 is 10.7. The molecule has 0 saturated carbocycles. The van der Waals surface area contributed by atoms with Crippen LogP contribution in [0.5, 0.6) is 5.75 Å². The van der Waals surface area contributed by atoms with Gasteiger partial charge in [0.2, 0.25) is 0 Å². The first kappa shape index (κ1) is 13.0. The zero-order valence-corrected chi connectivity index (χ0v) is 11.1. The molecular formula is C14H15ClO3. The van der Waals surface area contributed by atoms with Crippen molar-refractivity contribution in [3.63, 3.8) is 0 Å². The molecule has 2 aromatic rings. The summed E-state index contributed by atoms with van der Waals surface area (Å²) in [6.45, 7) is 4.41. The van der Waals surface area contributed by atoms with Gasteiger partial charge in [-0.3, -0.25) is 0 Å². The Morgan fingerprint density at radius 1 is 1.33 bits per heavy atom. The number of hydrogen-bond donors (Lipinski definition) is 1. The van der Waals surface area contributed by atoms with E-state index in [1.807, 2.05) is 32.0 Å². The highest BCUT2D eigenvalue weighted by Gasteiger charge is 2.19. The SMILES string of the molecule is CCOc1ccc(C)cc1C(O)c1ccc(Cl)o1. The fourth-order valence-electron chi connectivity index (χ4n) is 1.80. The molecule has 2 rings (SSSR count). The Morgan fingerprint density at radius 2 is 2.11 bits per heavy atom. The molecule has 18 heavy (non-hydrogen) atoms. The molecule has 1 atom stereocenters. The summed E-state index contributed by atoms with van der Waals surface area (Å²) in [5, 5.41) is 10.6. The average molecular weight is 267 g/mol. The molecule has 4 heteroatoms. The van der Waals surface area contributed by atoms with E-state index >= 15 is 0 Å². The van der Waals surface area contributed by atoms with Crippen molar-refractivity contribution in [3.8, 4) is 5.75 Å². The van der Waals surface area contributed by atoms with Crippen molar-refractivity contribution in [2.24, 2.45) is 0 Å². The average Bonchev–Trinajstić information content (AvgIpc) is 2.77. The van der Waals surface area contributed by atoms with Crippen LogP contribution in [-0.4, -0.2) is 11.7 Å². The number of aryl methyl sites for hydroxylation is 1. The highest BCUT2D eigenvalue weighted by atomic mass is 35.5. The molecule has 0 aliphatic heterocycles. The van der Waals surface area contributed by atoms with Gasteiger partial charge in [-0.15, -0.1) is 0 Å². The molecule has 3 nitrogen and oxygen atoms in total. The van der Waals surface area contributed by atoms with Gasteiger partial charge in [0, 0.05) is 5.56 Å². The van der Waals surface area contributed by atoms with Gasteiger partial charge in [0.15, 0.2) is 5.22 Å². The third-order valence-corrected chi connectivity index (χ3v) is 2.83. The predicted octanol–water partition coefficient (Wildman–Crippen LogP) is 3.72. The fraction of sp³-hybridized carbons (Fsp3) is 0.286. The third kappa shape index (κ3) is 2.68. The van der Waals surface area contributed by atoms with Crippen molar-refractivity contribution in [2.45, 2.75) is 20.0 Å². The van der Waals surface area contributed by atoms with E-state index in [1.54, 1.807) is 12.1 Å². The molecule has 0 aliphatic carbocycles. The van der Waals surface area contributed by atoms with Crippen molar-refractivity contribution in [1.29, 1.82) is 0 Å². The van der Waals surface area contributed by atoms with Gasteiger partial charge >= 0.3 is 0 Å². The largest absolute Gasteiger partial charge is 0.493 e. The summed E-state index contributed by atoms with van der Waals surface area (Å²) in [5.74, 6) is 1.06. The van der Waals surface area contributed by atoms with E-state index in [2.05, 4.69) is 0 Å². The Balaban J connectivity index is 2.39. The Hall–Kier alpha value is -1.45. The van der Waals surface area contributed by atoms with Crippen LogP contribution in [0, 0.1) is 6.92 Å². The molecule has 0 saturated heterocycles. The van der Waals surface area contributed by atoms with E-state index in [4.69, 9.17) is 20.8 Å².